The highest BCUT2D eigenvalue weighted by molar-refractivity contribution is 7.99. The summed E-state index contributed by atoms with van der Waals surface area (Å²) in [6.45, 7) is 1.58. The molecule has 0 aliphatic carbocycles. The minimum atomic E-state index is -3.70. The van der Waals surface area contributed by atoms with Crippen LogP contribution in [0.2, 0.25) is 0 Å². The van der Waals surface area contributed by atoms with Crippen LogP contribution in [0.5, 0.6) is 0 Å². The molecule has 1 aromatic carbocycles. The Labute approximate surface area is 123 Å². The standard InChI is InChI=1S/C13H19FN2O2S2/c1-9-12(14)5-10(7-15)6-13(9)20(17,18)16-11-3-2-4-19-8-11/h5-6,11,16H,2-4,7-8,15H2,1H3. The number of sulfonamides is 1. The second-order valence-electron chi connectivity index (χ2n) is 4.94. The molecule has 1 aromatic rings. The number of rotatable bonds is 4. The van der Waals surface area contributed by atoms with Gasteiger partial charge in [-0.2, -0.15) is 11.8 Å². The van der Waals surface area contributed by atoms with Gasteiger partial charge in [-0.15, -0.1) is 0 Å². The van der Waals surface area contributed by atoms with Gasteiger partial charge in [-0.1, -0.05) is 0 Å². The van der Waals surface area contributed by atoms with E-state index >= 15 is 0 Å². The van der Waals surface area contributed by atoms with E-state index in [0.29, 0.717) is 5.56 Å². The fourth-order valence-electron chi connectivity index (χ4n) is 2.22. The maximum atomic E-state index is 13.8. The first-order valence-electron chi connectivity index (χ1n) is 6.53. The zero-order valence-corrected chi connectivity index (χ0v) is 13.0. The number of thioether (sulfide) groups is 1. The maximum absolute atomic E-state index is 13.8. The average Bonchev–Trinajstić information content (AvgIpc) is 2.42. The highest BCUT2D eigenvalue weighted by atomic mass is 32.2. The lowest BCUT2D eigenvalue weighted by atomic mass is 10.1. The van der Waals surface area contributed by atoms with Gasteiger partial charge in [0.1, 0.15) is 5.82 Å². The van der Waals surface area contributed by atoms with Gasteiger partial charge in [0, 0.05) is 23.9 Å². The van der Waals surface area contributed by atoms with Crippen molar-refractivity contribution < 1.29 is 12.8 Å². The van der Waals surface area contributed by atoms with Gasteiger partial charge in [0.05, 0.1) is 4.90 Å². The van der Waals surface area contributed by atoms with Crippen molar-refractivity contribution in [2.75, 3.05) is 11.5 Å². The molecule has 2 rings (SSSR count). The first kappa shape index (κ1) is 15.8. The number of nitrogens with two attached hydrogens (primary N) is 1. The van der Waals surface area contributed by atoms with Crippen LogP contribution in [0.4, 0.5) is 4.39 Å². The Balaban J connectivity index is 2.30. The molecule has 1 unspecified atom stereocenters. The number of hydrogen-bond acceptors (Lipinski definition) is 4. The maximum Gasteiger partial charge on any atom is 0.241 e. The van der Waals surface area contributed by atoms with Gasteiger partial charge in [0.15, 0.2) is 0 Å². The molecule has 1 heterocycles. The number of halogens is 1. The van der Waals surface area contributed by atoms with Crippen LogP contribution in [-0.4, -0.2) is 26.0 Å². The Morgan fingerprint density at radius 2 is 2.25 bits per heavy atom. The van der Waals surface area contributed by atoms with E-state index in [2.05, 4.69) is 4.72 Å². The highest BCUT2D eigenvalue weighted by Gasteiger charge is 2.25. The molecule has 1 aliphatic rings. The molecule has 0 spiro atoms. The molecule has 4 nitrogen and oxygen atoms in total. The topological polar surface area (TPSA) is 72.2 Å². The van der Waals surface area contributed by atoms with Crippen LogP contribution < -0.4 is 10.5 Å². The van der Waals surface area contributed by atoms with E-state index in [0.717, 1.165) is 24.3 Å². The van der Waals surface area contributed by atoms with E-state index in [1.807, 2.05) is 0 Å². The Morgan fingerprint density at radius 1 is 1.50 bits per heavy atom. The Bertz CT molecular complexity index is 584. The van der Waals surface area contributed by atoms with Gasteiger partial charge in [0.2, 0.25) is 10.0 Å². The lowest BCUT2D eigenvalue weighted by Gasteiger charge is -2.23. The van der Waals surface area contributed by atoms with Gasteiger partial charge >= 0.3 is 0 Å². The molecule has 1 fully saturated rings. The molecule has 7 heteroatoms. The minimum absolute atomic E-state index is 0.00600. The molecule has 0 saturated carbocycles. The van der Waals surface area contributed by atoms with Crippen LogP contribution in [0.15, 0.2) is 17.0 Å². The van der Waals surface area contributed by atoms with E-state index < -0.39 is 15.8 Å². The molecule has 0 bridgehead atoms. The van der Waals surface area contributed by atoms with E-state index in [1.165, 1.54) is 19.1 Å². The predicted molar refractivity (Wildman–Crippen MR) is 79.7 cm³/mol. The minimum Gasteiger partial charge on any atom is -0.326 e. The van der Waals surface area contributed by atoms with Crippen LogP contribution in [0.1, 0.15) is 24.0 Å². The van der Waals surface area contributed by atoms with Gasteiger partial charge in [0.25, 0.3) is 0 Å². The zero-order valence-electron chi connectivity index (χ0n) is 11.4. The fourth-order valence-corrected chi connectivity index (χ4v) is 4.97. The molecular weight excluding hydrogens is 299 g/mol. The van der Waals surface area contributed by atoms with E-state index in [-0.39, 0.29) is 23.0 Å². The summed E-state index contributed by atoms with van der Waals surface area (Å²) >= 11 is 1.73. The van der Waals surface area contributed by atoms with Crippen molar-refractivity contribution in [3.8, 4) is 0 Å². The molecule has 0 radical (unpaired) electrons. The first-order valence-corrected chi connectivity index (χ1v) is 9.17. The monoisotopic (exact) mass is 318 g/mol. The number of hydrogen-bond donors (Lipinski definition) is 2. The van der Waals surface area contributed by atoms with Crippen LogP contribution in [0, 0.1) is 12.7 Å². The summed E-state index contributed by atoms with van der Waals surface area (Å²) in [5.41, 5.74) is 6.10. The molecule has 3 N–H and O–H groups in total. The lowest BCUT2D eigenvalue weighted by Crippen LogP contribution is -2.38. The van der Waals surface area contributed by atoms with E-state index in [1.54, 1.807) is 11.8 Å². The van der Waals surface area contributed by atoms with Crippen LogP contribution >= 0.6 is 11.8 Å². The largest absolute Gasteiger partial charge is 0.326 e. The number of nitrogens with one attached hydrogen (secondary N) is 1. The molecule has 1 aliphatic heterocycles. The summed E-state index contributed by atoms with van der Waals surface area (Å²) in [6, 6.07) is 2.66. The molecule has 0 aromatic heterocycles. The third-order valence-electron chi connectivity index (χ3n) is 3.36. The second kappa shape index (κ2) is 6.43. The van der Waals surface area contributed by atoms with Crippen LogP contribution in [0.25, 0.3) is 0 Å². The summed E-state index contributed by atoms with van der Waals surface area (Å²) in [6.07, 6.45) is 1.82. The third-order valence-corrected chi connectivity index (χ3v) is 6.23. The van der Waals surface area contributed by atoms with E-state index in [4.69, 9.17) is 5.73 Å². The molecule has 1 atom stereocenters. The van der Waals surface area contributed by atoms with Crippen molar-refractivity contribution in [2.45, 2.75) is 37.2 Å². The van der Waals surface area contributed by atoms with Gasteiger partial charge in [-0.25, -0.2) is 17.5 Å². The fraction of sp³-hybridized carbons (Fsp3) is 0.538. The van der Waals surface area contributed by atoms with Crippen molar-refractivity contribution in [1.29, 1.82) is 0 Å². The number of benzene rings is 1. The van der Waals surface area contributed by atoms with Gasteiger partial charge in [-0.05, 0) is 43.2 Å². The smallest absolute Gasteiger partial charge is 0.241 e. The summed E-state index contributed by atoms with van der Waals surface area (Å²) in [5, 5.41) is 0. The Morgan fingerprint density at radius 3 is 2.85 bits per heavy atom. The molecule has 1 saturated heterocycles. The summed E-state index contributed by atoms with van der Waals surface area (Å²) in [5.74, 6) is 1.29. The van der Waals surface area contributed by atoms with Crippen molar-refractivity contribution in [1.82, 2.24) is 4.72 Å². The van der Waals surface area contributed by atoms with Crippen molar-refractivity contribution >= 4 is 21.8 Å². The summed E-state index contributed by atoms with van der Waals surface area (Å²) in [4.78, 5) is -0.00600. The van der Waals surface area contributed by atoms with Gasteiger partial charge in [-0.3, -0.25) is 0 Å². The quantitative estimate of drug-likeness (QED) is 0.887. The molecule has 20 heavy (non-hydrogen) atoms. The third kappa shape index (κ3) is 3.52. The predicted octanol–water partition coefficient (Wildman–Crippen LogP) is 1.77. The highest BCUT2D eigenvalue weighted by Crippen LogP contribution is 2.23. The second-order valence-corrected chi connectivity index (χ2v) is 7.77. The lowest BCUT2D eigenvalue weighted by molar-refractivity contribution is 0.540. The molecular formula is C13H19FN2O2S2. The van der Waals surface area contributed by atoms with Crippen LogP contribution in [-0.2, 0) is 16.6 Å². The van der Waals surface area contributed by atoms with E-state index in [9.17, 15) is 12.8 Å². The van der Waals surface area contributed by atoms with Crippen molar-refractivity contribution in [3.05, 3.63) is 29.1 Å². The van der Waals surface area contributed by atoms with Gasteiger partial charge < -0.3 is 5.73 Å². The van der Waals surface area contributed by atoms with Crippen molar-refractivity contribution in [2.24, 2.45) is 5.73 Å². The first-order chi connectivity index (χ1) is 9.44. The average molecular weight is 318 g/mol. The Kier molecular flexibility index (Phi) is 5.06. The summed E-state index contributed by atoms with van der Waals surface area (Å²) < 4.78 is 41.3. The summed E-state index contributed by atoms with van der Waals surface area (Å²) in [7, 11) is -3.70. The Hall–Kier alpha value is -0.630. The SMILES string of the molecule is Cc1c(F)cc(CN)cc1S(=O)(=O)NC1CCCSC1. The molecule has 112 valence electrons. The zero-order chi connectivity index (χ0) is 14.8. The molecule has 0 amide bonds. The van der Waals surface area contributed by atoms with Crippen LogP contribution in [0.3, 0.4) is 0 Å². The van der Waals surface area contributed by atoms with Crippen molar-refractivity contribution in [3.63, 3.8) is 0 Å². The normalized spacial score (nSPS) is 20.1.